The van der Waals surface area contributed by atoms with Gasteiger partial charge in [-0.05, 0) is 33.6 Å². The Bertz CT molecular complexity index is 426. The molecular weight excluding hydrogens is 269 g/mol. The summed E-state index contributed by atoms with van der Waals surface area (Å²) >= 11 is 8.95. The number of benzene rings is 1. The SMILES string of the molecule is N#Cc1cc(Cl)c(CC(=O)O)cc1Br. The van der Waals surface area contributed by atoms with Crippen molar-refractivity contribution in [3.8, 4) is 6.07 Å². The summed E-state index contributed by atoms with van der Waals surface area (Å²) in [6.45, 7) is 0. The third-order valence-corrected chi connectivity index (χ3v) is 2.61. The molecule has 1 N–H and O–H groups in total. The Hall–Kier alpha value is -1.05. The molecule has 0 radical (unpaired) electrons. The molecule has 0 atom stereocenters. The van der Waals surface area contributed by atoms with Crippen LogP contribution in [0.5, 0.6) is 0 Å². The fraction of sp³-hybridized carbons (Fsp3) is 0.111. The molecule has 1 aromatic carbocycles. The second-order valence-corrected chi connectivity index (χ2v) is 3.87. The number of hydrogen-bond donors (Lipinski definition) is 1. The maximum Gasteiger partial charge on any atom is 0.307 e. The lowest BCUT2D eigenvalue weighted by Gasteiger charge is -2.03. The van der Waals surface area contributed by atoms with Crippen molar-refractivity contribution in [1.29, 1.82) is 5.26 Å². The van der Waals surface area contributed by atoms with E-state index in [0.29, 0.717) is 20.6 Å². The van der Waals surface area contributed by atoms with Crippen LogP contribution in [0.1, 0.15) is 11.1 Å². The summed E-state index contributed by atoms with van der Waals surface area (Å²) in [5, 5.41) is 17.5. The normalized spacial score (nSPS) is 9.50. The maximum absolute atomic E-state index is 10.4. The smallest absolute Gasteiger partial charge is 0.307 e. The van der Waals surface area contributed by atoms with Gasteiger partial charge in [-0.1, -0.05) is 11.6 Å². The predicted octanol–water partition coefficient (Wildman–Crippen LogP) is 2.60. The van der Waals surface area contributed by atoms with Crippen molar-refractivity contribution in [1.82, 2.24) is 0 Å². The average Bonchev–Trinajstić information content (AvgIpc) is 2.10. The highest BCUT2D eigenvalue weighted by Gasteiger charge is 2.09. The van der Waals surface area contributed by atoms with E-state index in [4.69, 9.17) is 22.0 Å². The molecule has 72 valence electrons. The van der Waals surface area contributed by atoms with Crippen molar-refractivity contribution in [2.24, 2.45) is 0 Å². The van der Waals surface area contributed by atoms with Crippen LogP contribution in [0.4, 0.5) is 0 Å². The molecule has 0 unspecified atom stereocenters. The fourth-order valence-electron chi connectivity index (χ4n) is 0.972. The van der Waals surface area contributed by atoms with Gasteiger partial charge in [0.05, 0.1) is 12.0 Å². The number of hydrogen-bond acceptors (Lipinski definition) is 2. The van der Waals surface area contributed by atoms with Gasteiger partial charge in [0.15, 0.2) is 0 Å². The lowest BCUT2D eigenvalue weighted by atomic mass is 10.1. The van der Waals surface area contributed by atoms with Crippen molar-refractivity contribution in [3.05, 3.63) is 32.8 Å². The number of aliphatic carboxylic acids is 1. The highest BCUT2D eigenvalue weighted by atomic mass is 79.9. The summed E-state index contributed by atoms with van der Waals surface area (Å²) in [6, 6.07) is 4.94. The van der Waals surface area contributed by atoms with Gasteiger partial charge in [-0.3, -0.25) is 4.79 Å². The summed E-state index contributed by atoms with van der Waals surface area (Å²) in [5.74, 6) is -0.955. The van der Waals surface area contributed by atoms with E-state index in [9.17, 15) is 4.79 Å². The van der Waals surface area contributed by atoms with E-state index in [0.717, 1.165) is 0 Å². The first-order valence-corrected chi connectivity index (χ1v) is 4.81. The monoisotopic (exact) mass is 273 g/mol. The minimum absolute atomic E-state index is 0.150. The second-order valence-electron chi connectivity index (χ2n) is 2.61. The van der Waals surface area contributed by atoms with Crippen LogP contribution < -0.4 is 0 Å². The number of nitriles is 1. The quantitative estimate of drug-likeness (QED) is 0.901. The first-order chi connectivity index (χ1) is 6.54. The summed E-state index contributed by atoms with van der Waals surface area (Å²) in [5.41, 5.74) is 0.884. The molecule has 0 aliphatic rings. The van der Waals surface area contributed by atoms with Crippen LogP contribution in [0.25, 0.3) is 0 Å². The van der Waals surface area contributed by atoms with E-state index in [2.05, 4.69) is 15.9 Å². The van der Waals surface area contributed by atoms with E-state index in [1.807, 2.05) is 6.07 Å². The van der Waals surface area contributed by atoms with E-state index < -0.39 is 5.97 Å². The Morgan fingerprint density at radius 3 is 2.79 bits per heavy atom. The molecule has 0 aromatic heterocycles. The van der Waals surface area contributed by atoms with E-state index in [1.165, 1.54) is 6.07 Å². The maximum atomic E-state index is 10.4. The van der Waals surface area contributed by atoms with E-state index in [-0.39, 0.29) is 6.42 Å². The molecule has 0 saturated heterocycles. The summed E-state index contributed by atoms with van der Waals surface area (Å²) in [6.07, 6.45) is -0.150. The first kappa shape index (κ1) is 11.0. The standard InChI is InChI=1S/C9H5BrClNO2/c10-7-1-5(3-9(13)14)8(11)2-6(7)4-12/h1-2H,3H2,(H,13,14). The average molecular weight is 275 g/mol. The molecule has 0 heterocycles. The molecule has 0 spiro atoms. The minimum Gasteiger partial charge on any atom is -0.481 e. The number of carboxylic acids is 1. The van der Waals surface area contributed by atoms with Gasteiger partial charge >= 0.3 is 5.97 Å². The molecule has 3 nitrogen and oxygen atoms in total. The van der Waals surface area contributed by atoms with E-state index >= 15 is 0 Å². The largest absolute Gasteiger partial charge is 0.481 e. The molecule has 14 heavy (non-hydrogen) atoms. The van der Waals surface area contributed by atoms with E-state index in [1.54, 1.807) is 6.07 Å². The van der Waals surface area contributed by atoms with Crippen LogP contribution in [0.3, 0.4) is 0 Å². The summed E-state index contributed by atoms with van der Waals surface area (Å²) in [7, 11) is 0. The second kappa shape index (κ2) is 4.45. The molecular formula is C9H5BrClNO2. The third-order valence-electron chi connectivity index (χ3n) is 1.60. The predicted molar refractivity (Wildman–Crippen MR) is 55.2 cm³/mol. The zero-order chi connectivity index (χ0) is 10.7. The van der Waals surface area contributed by atoms with Crippen molar-refractivity contribution in [2.75, 3.05) is 0 Å². The third kappa shape index (κ3) is 2.47. The number of carbonyl (C=O) groups is 1. The highest BCUT2D eigenvalue weighted by Crippen LogP contribution is 2.25. The Morgan fingerprint density at radius 2 is 2.29 bits per heavy atom. The molecule has 1 aromatic rings. The first-order valence-electron chi connectivity index (χ1n) is 3.64. The van der Waals surface area contributed by atoms with Crippen molar-refractivity contribution < 1.29 is 9.90 Å². The van der Waals surface area contributed by atoms with Crippen molar-refractivity contribution in [3.63, 3.8) is 0 Å². The topological polar surface area (TPSA) is 61.1 Å². The molecule has 0 fully saturated rings. The Labute approximate surface area is 94.0 Å². The van der Waals surface area contributed by atoms with Crippen LogP contribution >= 0.6 is 27.5 Å². The fourth-order valence-corrected chi connectivity index (χ4v) is 1.68. The van der Waals surface area contributed by atoms with Crippen LogP contribution in [0.2, 0.25) is 5.02 Å². The van der Waals surface area contributed by atoms with Crippen LogP contribution in [0.15, 0.2) is 16.6 Å². The molecule has 0 aliphatic heterocycles. The molecule has 0 aliphatic carbocycles. The van der Waals surface area contributed by atoms with Gasteiger partial charge in [0.25, 0.3) is 0 Å². The minimum atomic E-state index is -0.955. The Kier molecular flexibility index (Phi) is 3.50. The van der Waals surface area contributed by atoms with Crippen LogP contribution in [0, 0.1) is 11.3 Å². The molecule has 0 bridgehead atoms. The van der Waals surface area contributed by atoms with Gasteiger partial charge in [0, 0.05) is 9.50 Å². The van der Waals surface area contributed by atoms with Gasteiger partial charge in [0.1, 0.15) is 6.07 Å². The molecule has 0 amide bonds. The van der Waals surface area contributed by atoms with Crippen molar-refractivity contribution in [2.45, 2.75) is 6.42 Å². The molecule has 0 saturated carbocycles. The van der Waals surface area contributed by atoms with Gasteiger partial charge in [-0.15, -0.1) is 0 Å². The summed E-state index contributed by atoms with van der Waals surface area (Å²) in [4.78, 5) is 10.4. The van der Waals surface area contributed by atoms with Crippen molar-refractivity contribution >= 4 is 33.5 Å². The lowest BCUT2D eigenvalue weighted by molar-refractivity contribution is -0.136. The Balaban J connectivity index is 3.16. The van der Waals surface area contributed by atoms with Crippen LogP contribution in [-0.2, 0) is 11.2 Å². The molecule has 5 heteroatoms. The lowest BCUT2D eigenvalue weighted by Crippen LogP contribution is -2.01. The zero-order valence-electron chi connectivity index (χ0n) is 6.92. The zero-order valence-corrected chi connectivity index (χ0v) is 9.26. The number of halogens is 2. The summed E-state index contributed by atoms with van der Waals surface area (Å²) < 4.78 is 0.556. The van der Waals surface area contributed by atoms with Gasteiger partial charge in [-0.2, -0.15) is 5.26 Å². The van der Waals surface area contributed by atoms with Crippen LogP contribution in [-0.4, -0.2) is 11.1 Å². The molecule has 1 rings (SSSR count). The number of carboxylic acid groups (broad SMARTS) is 1. The Morgan fingerprint density at radius 1 is 1.64 bits per heavy atom. The van der Waals surface area contributed by atoms with Gasteiger partial charge in [-0.25, -0.2) is 0 Å². The highest BCUT2D eigenvalue weighted by molar-refractivity contribution is 9.10. The number of rotatable bonds is 2. The van der Waals surface area contributed by atoms with Gasteiger partial charge in [0.2, 0.25) is 0 Å². The number of nitrogens with zero attached hydrogens (tertiary/aromatic N) is 1. The van der Waals surface area contributed by atoms with Gasteiger partial charge < -0.3 is 5.11 Å².